The molecule has 6 unspecified atom stereocenters. The minimum Gasteiger partial charge on any atom is -0.387 e. The topological polar surface area (TPSA) is 365 Å². The van der Waals surface area contributed by atoms with Crippen LogP contribution < -0.4 is 33.1 Å². The number of hydrogen-bond acceptors (Lipinski definition) is 22. The Morgan fingerprint density at radius 3 is 1.49 bits per heavy atom. The lowest BCUT2D eigenvalue weighted by molar-refractivity contribution is -0.197. The van der Waals surface area contributed by atoms with Crippen LogP contribution >= 0.6 is 50.8 Å². The van der Waals surface area contributed by atoms with Gasteiger partial charge >= 0.3 is 17.3 Å². The summed E-state index contributed by atoms with van der Waals surface area (Å²) in [5.74, 6) is -0.536. The van der Waals surface area contributed by atoms with Crippen LogP contribution in [0.4, 0.5) is 11.6 Å². The number of nitrogens with one attached hydrogen (secondary N) is 3. The van der Waals surface area contributed by atoms with E-state index in [4.69, 9.17) is 24.3 Å². The van der Waals surface area contributed by atoms with Crippen LogP contribution in [0.2, 0.25) is 0 Å². The number of anilines is 2. The van der Waals surface area contributed by atoms with Crippen LogP contribution in [0, 0.1) is 0 Å². The van der Waals surface area contributed by atoms with E-state index in [1.54, 1.807) is 19.1 Å². The SMILES string of the molecule is CC(=O)CCCCC(=O)NCCCCNc1ccn([C@@H]2O[C@H](COP(P)P)C(O)[C@@H]2O)c(=O)n1.CC(=O)CCCCC(=O)ON1C(=O)CCC1=O.NCCCCNc1ccn([C@@H]2O[C@H](COP(P)P)C(O)[C@@H]2O)c(=O)n1. The molecule has 2 aromatic rings. The number of carbonyl (C=O) groups excluding carboxylic acids is 6. The van der Waals surface area contributed by atoms with Gasteiger partial charge in [-0.25, -0.2) is 14.4 Å². The minimum atomic E-state index is -1.28. The summed E-state index contributed by atoms with van der Waals surface area (Å²) in [4.78, 5) is 104. The van der Waals surface area contributed by atoms with Gasteiger partial charge in [0.15, 0.2) is 12.5 Å². The summed E-state index contributed by atoms with van der Waals surface area (Å²) in [6, 6.07) is 3.22. The van der Waals surface area contributed by atoms with Gasteiger partial charge in [0.1, 0.15) is 59.8 Å². The van der Waals surface area contributed by atoms with Crippen molar-refractivity contribution in [3.05, 3.63) is 45.5 Å². The van der Waals surface area contributed by atoms with Crippen molar-refractivity contribution in [2.45, 2.75) is 153 Å². The molecule has 3 fully saturated rings. The molecule has 2 aromatic heterocycles. The van der Waals surface area contributed by atoms with Gasteiger partial charge in [0.25, 0.3) is 11.8 Å². The molecule has 9 N–H and O–H groups in total. The first-order valence-corrected chi connectivity index (χ1v) is 33.7. The van der Waals surface area contributed by atoms with Crippen molar-refractivity contribution < 1.29 is 72.6 Å². The number of hydrogen-bond donors (Lipinski definition) is 8. The lowest BCUT2D eigenvalue weighted by atomic mass is 10.1. The van der Waals surface area contributed by atoms with Gasteiger partial charge in [-0.3, -0.25) is 23.5 Å². The summed E-state index contributed by atoms with van der Waals surface area (Å²) in [5, 5.41) is 50.3. The van der Waals surface area contributed by atoms with Crippen molar-refractivity contribution in [1.29, 1.82) is 0 Å². The van der Waals surface area contributed by atoms with E-state index in [9.17, 15) is 58.8 Å². The largest absolute Gasteiger partial charge is 0.387 e. The van der Waals surface area contributed by atoms with Gasteiger partial charge in [-0.15, -0.1) is 5.06 Å². The monoisotopic (exact) mass is 1190 g/mol. The fourth-order valence-electron chi connectivity index (χ4n) is 7.30. The van der Waals surface area contributed by atoms with Crippen molar-refractivity contribution in [2.75, 3.05) is 50.0 Å². The Labute approximate surface area is 452 Å². The van der Waals surface area contributed by atoms with E-state index in [-0.39, 0.29) is 49.9 Å². The number of unbranched alkanes of at least 4 members (excludes halogenated alkanes) is 4. The molecule has 0 radical (unpaired) electrons. The summed E-state index contributed by atoms with van der Waals surface area (Å²) in [6.45, 7) is 5.66. The molecule has 3 aliphatic rings. The fraction of sp³-hybridized carbons (Fsp3) is 0.682. The first-order chi connectivity index (χ1) is 36.1. The van der Waals surface area contributed by atoms with Crippen molar-refractivity contribution in [3.63, 3.8) is 0 Å². The number of carbonyl (C=O) groups is 6. The zero-order valence-corrected chi connectivity index (χ0v) is 49.1. The average Bonchev–Trinajstić information content (AvgIpc) is 3.95. The molecule has 76 heavy (non-hydrogen) atoms. The van der Waals surface area contributed by atoms with Crippen molar-refractivity contribution in [2.24, 2.45) is 5.73 Å². The highest BCUT2D eigenvalue weighted by Gasteiger charge is 2.45. The average molecular weight is 1190 g/mol. The molecule has 0 bridgehead atoms. The van der Waals surface area contributed by atoms with Crippen molar-refractivity contribution in [1.82, 2.24) is 29.5 Å². The number of imide groups is 1. The van der Waals surface area contributed by atoms with E-state index < -0.39 is 93.3 Å². The highest BCUT2D eigenvalue weighted by Crippen LogP contribution is 2.54. The number of rotatable bonds is 30. The van der Waals surface area contributed by atoms with Crippen LogP contribution in [0.3, 0.4) is 0 Å². The van der Waals surface area contributed by atoms with E-state index in [0.29, 0.717) is 81.4 Å². The second-order valence-corrected chi connectivity index (χ2v) is 29.3. The lowest BCUT2D eigenvalue weighted by Crippen LogP contribution is -2.36. The van der Waals surface area contributed by atoms with E-state index >= 15 is 0 Å². The van der Waals surface area contributed by atoms with Gasteiger partial charge in [-0.05, 0) is 83.9 Å². The van der Waals surface area contributed by atoms with Crippen LogP contribution in [-0.4, -0.2) is 156 Å². The lowest BCUT2D eigenvalue weighted by Gasteiger charge is -2.17. The highest BCUT2D eigenvalue weighted by atomic mass is 32.4. The van der Waals surface area contributed by atoms with Crippen molar-refractivity contribution in [3.8, 4) is 0 Å². The smallest absolute Gasteiger partial charge is 0.351 e. The third-order valence-electron chi connectivity index (χ3n) is 11.4. The van der Waals surface area contributed by atoms with Crippen LogP contribution in [0.25, 0.3) is 0 Å². The van der Waals surface area contributed by atoms with E-state index in [1.807, 2.05) is 0 Å². The molecule has 3 amide bonds. The third kappa shape index (κ3) is 24.6. The maximum atomic E-state index is 12.4. The molecular formula is C44H75N9O17P6. The van der Waals surface area contributed by atoms with Gasteiger partial charge in [-0.2, -0.15) is 9.97 Å². The Morgan fingerprint density at radius 2 is 1.07 bits per heavy atom. The zero-order chi connectivity index (χ0) is 56.3. The number of nitrogens with zero attached hydrogens (tertiary/aromatic N) is 5. The Balaban J connectivity index is 0.000000318. The molecule has 0 aliphatic carbocycles. The van der Waals surface area contributed by atoms with Crippen LogP contribution in [0.1, 0.15) is 116 Å². The van der Waals surface area contributed by atoms with E-state index in [1.165, 1.54) is 23.9 Å². The number of hydroxylamine groups is 2. The quantitative estimate of drug-likeness (QED) is 0.0315. The molecule has 0 saturated carbocycles. The highest BCUT2D eigenvalue weighted by molar-refractivity contribution is 8.41. The molecule has 26 nitrogen and oxygen atoms in total. The Hall–Kier alpha value is -3.00. The number of Topliss-reactive ketones (excluding diaryl/α,β-unsaturated/α-hetero) is 2. The van der Waals surface area contributed by atoms with Gasteiger partial charge in [-0.1, -0.05) is 35.7 Å². The molecule has 428 valence electrons. The van der Waals surface area contributed by atoms with Gasteiger partial charge in [0, 0.05) is 70.6 Å². The molecule has 5 heterocycles. The number of ketones is 2. The second-order valence-electron chi connectivity index (χ2n) is 17.7. The number of amides is 3. The first kappa shape index (κ1) is 67.3. The number of ether oxygens (including phenoxy) is 2. The number of aliphatic hydroxyl groups excluding tert-OH is 4. The number of nitrogens with two attached hydrogens (primary N) is 1. The summed E-state index contributed by atoms with van der Waals surface area (Å²) in [7, 11) is 8.40. The first-order valence-electron chi connectivity index (χ1n) is 24.7. The zero-order valence-electron chi connectivity index (χ0n) is 42.7. The van der Waals surface area contributed by atoms with Gasteiger partial charge in [0.2, 0.25) is 5.91 Å². The number of aromatic nitrogens is 4. The molecule has 12 atom stereocenters. The van der Waals surface area contributed by atoms with Gasteiger partial charge < -0.3 is 75.1 Å². The molecule has 3 aliphatic heterocycles. The minimum absolute atomic E-state index is 0.0139. The van der Waals surface area contributed by atoms with Crippen LogP contribution in [-0.2, 0) is 52.1 Å². The Morgan fingerprint density at radius 1 is 0.645 bits per heavy atom. The Kier molecular flexibility index (Phi) is 32.1. The predicted molar refractivity (Wildman–Crippen MR) is 296 cm³/mol. The second kappa shape index (κ2) is 36.3. The van der Waals surface area contributed by atoms with Crippen molar-refractivity contribution >= 4 is 97.7 Å². The summed E-state index contributed by atoms with van der Waals surface area (Å²) >= 11 is 0. The van der Waals surface area contributed by atoms with E-state index in [0.717, 1.165) is 36.7 Å². The summed E-state index contributed by atoms with van der Waals surface area (Å²) in [5.41, 5.74) is 4.25. The molecular weight excluding hydrogens is 1110 g/mol. The maximum Gasteiger partial charge on any atom is 0.351 e. The standard InChI is InChI=1S/C20H35N4O7P3.C13H25N4O5P3.C11H15NO5/c1-13(25)6-2-3-7-16(26)22-10-5-4-9-21-15-8-11-24(20(29)23-15)19-18(28)17(27)14(31-19)12-30-34(32)33;14-4-1-2-5-15-9-3-6-17(13(20)16-9)12-11(19)10(18)8(22-12)7-21-25(23)24;1-8(13)4-2-3-5-11(16)17-12-9(14)6-7-10(12)15/h8,11,14,17-19,27-28H,2-7,9-10,12,32-33H2,1H3,(H,22,26)(H,21,23,29);3,6,8,10-12,18-19H,1-2,4-5,7,14,23-24H2,(H,15,16,20);2-7H2,1H3/t14-,17?,18+,19-;8-,10?,11+,12-;/m11./s1. The predicted octanol–water partition coefficient (Wildman–Crippen LogP) is 2.06. The normalized spacial score (nSPS) is 22.0. The summed E-state index contributed by atoms with van der Waals surface area (Å²) < 4.78 is 24.4. The number of aliphatic hydroxyl groups is 4. The Bertz CT molecular complexity index is 2270. The molecule has 0 aromatic carbocycles. The summed E-state index contributed by atoms with van der Waals surface area (Å²) in [6.07, 6.45) is 2.09. The molecule has 3 saturated heterocycles. The van der Waals surface area contributed by atoms with E-state index in [2.05, 4.69) is 66.5 Å². The molecule has 5 rings (SSSR count). The fourth-order valence-corrected chi connectivity index (χ4v) is 8.97. The van der Waals surface area contributed by atoms with Crippen LogP contribution in [0.5, 0.6) is 0 Å². The van der Waals surface area contributed by atoms with Crippen LogP contribution in [0.15, 0.2) is 34.1 Å². The third-order valence-corrected chi connectivity index (χ3v) is 14.1. The molecule has 32 heteroatoms. The maximum absolute atomic E-state index is 12.4. The molecule has 0 spiro atoms. The van der Waals surface area contributed by atoms with Gasteiger partial charge in [0.05, 0.1) is 28.3 Å².